The summed E-state index contributed by atoms with van der Waals surface area (Å²) in [7, 11) is 0. The summed E-state index contributed by atoms with van der Waals surface area (Å²) in [6, 6.07) is 6.79. The maximum Gasteiger partial charge on any atom is 0.0205 e. The van der Waals surface area contributed by atoms with E-state index in [4.69, 9.17) is 0 Å². The van der Waals surface area contributed by atoms with E-state index >= 15 is 0 Å². The quantitative estimate of drug-likeness (QED) is 0.761. The Kier molecular flexibility index (Phi) is 5.45. The summed E-state index contributed by atoms with van der Waals surface area (Å²) in [5.74, 6) is 1.95. The first-order valence-corrected chi connectivity index (χ1v) is 7.92. The molecule has 1 N–H and O–H groups in total. The molecule has 0 amide bonds. The van der Waals surface area contributed by atoms with Crippen LogP contribution >= 0.6 is 0 Å². The lowest BCUT2D eigenvalue weighted by atomic mass is 9.81. The fourth-order valence-corrected chi connectivity index (χ4v) is 3.07. The molecule has 0 saturated heterocycles. The molecule has 1 aliphatic carbocycles. The fourth-order valence-electron chi connectivity index (χ4n) is 3.07. The van der Waals surface area contributed by atoms with Crippen LogP contribution in [0.1, 0.15) is 55.7 Å². The standard InChI is InChI=1S/C18H29N/c1-14-4-7-17(8-5-14)10-11-19-13-18-9-6-15(2)16(3)12-18/h6,9,12,14,17,19H,4-5,7-8,10-11,13H2,1-3H3. The van der Waals surface area contributed by atoms with E-state index in [0.29, 0.717) is 0 Å². The van der Waals surface area contributed by atoms with Crippen molar-refractivity contribution in [3.05, 3.63) is 34.9 Å². The second kappa shape index (κ2) is 7.09. The highest BCUT2D eigenvalue weighted by Gasteiger charge is 2.17. The van der Waals surface area contributed by atoms with Crippen molar-refractivity contribution in [3.8, 4) is 0 Å². The van der Waals surface area contributed by atoms with Gasteiger partial charge in [0.05, 0.1) is 0 Å². The van der Waals surface area contributed by atoms with Crippen LogP contribution in [0.4, 0.5) is 0 Å². The monoisotopic (exact) mass is 259 g/mol. The van der Waals surface area contributed by atoms with E-state index in [0.717, 1.165) is 18.4 Å². The Morgan fingerprint density at radius 2 is 1.79 bits per heavy atom. The lowest BCUT2D eigenvalue weighted by Gasteiger charge is -2.26. The number of rotatable bonds is 5. The van der Waals surface area contributed by atoms with Gasteiger partial charge in [-0.25, -0.2) is 0 Å². The van der Waals surface area contributed by atoms with Gasteiger partial charge in [0, 0.05) is 6.54 Å². The van der Waals surface area contributed by atoms with Gasteiger partial charge in [0.2, 0.25) is 0 Å². The molecule has 106 valence electrons. The van der Waals surface area contributed by atoms with Gasteiger partial charge in [-0.2, -0.15) is 0 Å². The van der Waals surface area contributed by atoms with Crippen LogP contribution in [0.15, 0.2) is 18.2 Å². The predicted molar refractivity (Wildman–Crippen MR) is 83.4 cm³/mol. The van der Waals surface area contributed by atoms with Crippen LogP contribution in [0.2, 0.25) is 0 Å². The van der Waals surface area contributed by atoms with E-state index in [1.165, 1.54) is 55.3 Å². The molecule has 1 aliphatic rings. The number of nitrogens with one attached hydrogen (secondary N) is 1. The van der Waals surface area contributed by atoms with E-state index in [2.05, 4.69) is 44.3 Å². The highest BCUT2D eigenvalue weighted by molar-refractivity contribution is 5.29. The molecule has 1 nitrogen and oxygen atoms in total. The maximum atomic E-state index is 3.61. The van der Waals surface area contributed by atoms with Crippen LogP contribution in [-0.2, 0) is 6.54 Å². The smallest absolute Gasteiger partial charge is 0.0205 e. The molecule has 1 aromatic carbocycles. The van der Waals surface area contributed by atoms with Crippen molar-refractivity contribution < 1.29 is 0 Å². The Balaban J connectivity index is 1.65. The van der Waals surface area contributed by atoms with Gasteiger partial charge in [-0.05, 0) is 55.3 Å². The van der Waals surface area contributed by atoms with Crippen LogP contribution in [0.5, 0.6) is 0 Å². The van der Waals surface area contributed by atoms with E-state index in [-0.39, 0.29) is 0 Å². The molecule has 0 heterocycles. The lowest BCUT2D eigenvalue weighted by molar-refractivity contribution is 0.275. The predicted octanol–water partition coefficient (Wildman–Crippen LogP) is 4.61. The van der Waals surface area contributed by atoms with Gasteiger partial charge in [0.1, 0.15) is 0 Å². The zero-order valence-corrected chi connectivity index (χ0v) is 12.8. The van der Waals surface area contributed by atoms with Crippen LogP contribution < -0.4 is 5.32 Å². The Morgan fingerprint density at radius 3 is 2.47 bits per heavy atom. The van der Waals surface area contributed by atoms with E-state index in [9.17, 15) is 0 Å². The van der Waals surface area contributed by atoms with Crippen molar-refractivity contribution >= 4 is 0 Å². The molecule has 0 aromatic heterocycles. The van der Waals surface area contributed by atoms with Gasteiger partial charge in [-0.15, -0.1) is 0 Å². The van der Waals surface area contributed by atoms with Crippen LogP contribution in [0.25, 0.3) is 0 Å². The second-order valence-corrected chi connectivity index (χ2v) is 6.51. The summed E-state index contributed by atoms with van der Waals surface area (Å²) < 4.78 is 0. The zero-order chi connectivity index (χ0) is 13.7. The molecular weight excluding hydrogens is 230 g/mol. The van der Waals surface area contributed by atoms with Crippen LogP contribution in [0, 0.1) is 25.7 Å². The Hall–Kier alpha value is -0.820. The van der Waals surface area contributed by atoms with Gasteiger partial charge in [-0.1, -0.05) is 50.8 Å². The molecule has 2 rings (SSSR count). The Morgan fingerprint density at radius 1 is 1.05 bits per heavy atom. The molecule has 0 aliphatic heterocycles. The summed E-state index contributed by atoms with van der Waals surface area (Å²) in [6.07, 6.45) is 7.15. The maximum absolute atomic E-state index is 3.61. The topological polar surface area (TPSA) is 12.0 Å². The van der Waals surface area contributed by atoms with Crippen molar-refractivity contribution in [2.75, 3.05) is 6.54 Å². The molecule has 19 heavy (non-hydrogen) atoms. The highest BCUT2D eigenvalue weighted by Crippen LogP contribution is 2.29. The third-order valence-corrected chi connectivity index (χ3v) is 4.77. The van der Waals surface area contributed by atoms with E-state index < -0.39 is 0 Å². The molecule has 1 fully saturated rings. The van der Waals surface area contributed by atoms with Crippen molar-refractivity contribution in [1.29, 1.82) is 0 Å². The summed E-state index contributed by atoms with van der Waals surface area (Å²) >= 11 is 0. The SMILES string of the molecule is Cc1ccc(CNCCC2CCC(C)CC2)cc1C. The van der Waals surface area contributed by atoms with Gasteiger partial charge in [0.25, 0.3) is 0 Å². The third-order valence-electron chi connectivity index (χ3n) is 4.77. The van der Waals surface area contributed by atoms with Gasteiger partial charge < -0.3 is 5.32 Å². The number of hydrogen-bond acceptors (Lipinski definition) is 1. The molecule has 1 heteroatoms. The largest absolute Gasteiger partial charge is 0.313 e. The first-order valence-electron chi connectivity index (χ1n) is 7.92. The summed E-state index contributed by atoms with van der Waals surface area (Å²) in [4.78, 5) is 0. The molecule has 0 unspecified atom stereocenters. The normalized spacial score (nSPS) is 23.5. The third kappa shape index (κ3) is 4.65. The number of aryl methyl sites for hydroxylation is 2. The van der Waals surface area contributed by atoms with E-state index in [1.807, 2.05) is 0 Å². The average molecular weight is 259 g/mol. The van der Waals surface area contributed by atoms with E-state index in [1.54, 1.807) is 0 Å². The first kappa shape index (κ1) is 14.6. The van der Waals surface area contributed by atoms with Gasteiger partial charge >= 0.3 is 0 Å². The minimum absolute atomic E-state index is 0.972. The second-order valence-electron chi connectivity index (χ2n) is 6.51. The zero-order valence-electron chi connectivity index (χ0n) is 12.8. The molecule has 1 saturated carbocycles. The summed E-state index contributed by atoms with van der Waals surface area (Å²) in [6.45, 7) is 8.96. The first-order chi connectivity index (χ1) is 9.15. The van der Waals surface area contributed by atoms with Crippen LogP contribution in [0.3, 0.4) is 0 Å². The molecule has 1 aromatic rings. The minimum Gasteiger partial charge on any atom is -0.313 e. The lowest BCUT2D eigenvalue weighted by Crippen LogP contribution is -2.20. The van der Waals surface area contributed by atoms with Crippen molar-refractivity contribution in [1.82, 2.24) is 5.32 Å². The fraction of sp³-hybridized carbons (Fsp3) is 0.667. The number of benzene rings is 1. The highest BCUT2D eigenvalue weighted by atomic mass is 14.8. The molecule has 0 spiro atoms. The van der Waals surface area contributed by atoms with Gasteiger partial charge in [0.15, 0.2) is 0 Å². The minimum atomic E-state index is 0.972. The summed E-state index contributed by atoms with van der Waals surface area (Å²) in [5, 5.41) is 3.61. The summed E-state index contributed by atoms with van der Waals surface area (Å²) in [5.41, 5.74) is 4.21. The van der Waals surface area contributed by atoms with Crippen molar-refractivity contribution in [2.24, 2.45) is 11.8 Å². The molecule has 0 bridgehead atoms. The average Bonchev–Trinajstić information content (AvgIpc) is 2.41. The van der Waals surface area contributed by atoms with Gasteiger partial charge in [-0.3, -0.25) is 0 Å². The van der Waals surface area contributed by atoms with Crippen molar-refractivity contribution in [2.45, 2.75) is 59.4 Å². The Bertz CT molecular complexity index is 389. The number of hydrogen-bond donors (Lipinski definition) is 1. The van der Waals surface area contributed by atoms with Crippen molar-refractivity contribution in [3.63, 3.8) is 0 Å². The Labute approximate surface area is 118 Å². The molecule has 0 atom stereocenters. The molecular formula is C18H29N. The molecule has 0 radical (unpaired) electrons. The van der Waals surface area contributed by atoms with Crippen LogP contribution in [-0.4, -0.2) is 6.54 Å².